The number of rotatable bonds is 7. The van der Waals surface area contributed by atoms with Crippen LogP contribution in [0.3, 0.4) is 0 Å². The van der Waals surface area contributed by atoms with Crippen molar-refractivity contribution in [2.45, 2.75) is 6.92 Å². The van der Waals surface area contributed by atoms with Crippen LogP contribution in [-0.2, 0) is 0 Å². The van der Waals surface area contributed by atoms with Crippen LogP contribution in [0.1, 0.15) is 22.8 Å². The van der Waals surface area contributed by atoms with E-state index in [-0.39, 0.29) is 5.91 Å². The van der Waals surface area contributed by atoms with Gasteiger partial charge >= 0.3 is 0 Å². The zero-order valence-electron chi connectivity index (χ0n) is 18.7. The summed E-state index contributed by atoms with van der Waals surface area (Å²) < 4.78 is 16.2. The Hall–Kier alpha value is -3.91. The predicted octanol–water partition coefficient (Wildman–Crippen LogP) is 5.14. The van der Waals surface area contributed by atoms with Gasteiger partial charge in [-0.05, 0) is 42.6 Å². The summed E-state index contributed by atoms with van der Waals surface area (Å²) in [6, 6.07) is 16.9. The highest BCUT2D eigenvalue weighted by atomic mass is 32.1. The molecule has 2 heterocycles. The van der Waals surface area contributed by atoms with Crippen molar-refractivity contribution in [3.63, 3.8) is 0 Å². The molecule has 4 aromatic rings. The van der Waals surface area contributed by atoms with Crippen molar-refractivity contribution in [1.82, 2.24) is 10.4 Å². The summed E-state index contributed by atoms with van der Waals surface area (Å²) in [6.07, 6.45) is 0. The van der Waals surface area contributed by atoms with Gasteiger partial charge in [0.25, 0.3) is 5.91 Å². The summed E-state index contributed by atoms with van der Waals surface area (Å²) in [5.41, 5.74) is 5.99. The molecule has 0 fully saturated rings. The molecule has 0 aliphatic heterocycles. The fraction of sp³-hybridized carbons (Fsp3) is 0.160. The third kappa shape index (κ3) is 4.51. The number of thiophene rings is 1. The zero-order valence-corrected chi connectivity index (χ0v) is 19.5. The van der Waals surface area contributed by atoms with E-state index >= 15 is 0 Å². The second-order valence-electron chi connectivity index (χ2n) is 7.10. The maximum absolute atomic E-state index is 13.2. The number of amides is 1. The van der Waals surface area contributed by atoms with E-state index in [2.05, 4.69) is 10.5 Å². The van der Waals surface area contributed by atoms with Crippen LogP contribution in [0.25, 0.3) is 21.5 Å². The quantitative estimate of drug-likeness (QED) is 0.304. The molecule has 0 unspecified atom stereocenters. The topological polar surface area (TPSA) is 82.0 Å². The number of pyridine rings is 1. The largest absolute Gasteiger partial charge is 0.493 e. The van der Waals surface area contributed by atoms with Gasteiger partial charge in [-0.3, -0.25) is 4.79 Å². The molecule has 0 saturated carbocycles. The average Bonchev–Trinajstić information content (AvgIpc) is 3.40. The number of aromatic nitrogens is 1. The van der Waals surface area contributed by atoms with Crippen molar-refractivity contribution in [2.24, 2.45) is 5.10 Å². The number of fused-ring (bicyclic) bond motifs is 1. The fourth-order valence-electron chi connectivity index (χ4n) is 3.46. The van der Waals surface area contributed by atoms with Crippen molar-refractivity contribution in [2.75, 3.05) is 21.3 Å². The Morgan fingerprint density at radius 1 is 0.970 bits per heavy atom. The van der Waals surface area contributed by atoms with Gasteiger partial charge < -0.3 is 14.2 Å². The highest BCUT2D eigenvalue weighted by Gasteiger charge is 2.16. The number of benzene rings is 2. The molecule has 7 nitrogen and oxygen atoms in total. The lowest BCUT2D eigenvalue weighted by atomic mass is 10.1. The molecule has 2 aromatic carbocycles. The van der Waals surface area contributed by atoms with E-state index in [0.717, 1.165) is 27.0 Å². The van der Waals surface area contributed by atoms with Crippen LogP contribution in [0.2, 0.25) is 0 Å². The number of carbonyl (C=O) groups excluding carboxylic acids is 1. The third-order valence-electron chi connectivity index (χ3n) is 5.14. The van der Waals surface area contributed by atoms with E-state index in [1.807, 2.05) is 41.8 Å². The van der Waals surface area contributed by atoms with Gasteiger partial charge in [0.15, 0.2) is 11.5 Å². The summed E-state index contributed by atoms with van der Waals surface area (Å²) in [6.45, 7) is 1.79. The SMILES string of the molecule is COc1cc(/C(C)=N\NC(=O)c2cc(-c3cccs3)nc3ccccc23)cc(OC)c1OC. The molecule has 0 aliphatic rings. The lowest BCUT2D eigenvalue weighted by molar-refractivity contribution is 0.0956. The van der Waals surface area contributed by atoms with Gasteiger partial charge in [-0.2, -0.15) is 5.10 Å². The molecular weight excluding hydrogens is 438 g/mol. The Morgan fingerprint density at radius 3 is 2.33 bits per heavy atom. The number of nitrogens with zero attached hydrogens (tertiary/aromatic N) is 2. The van der Waals surface area contributed by atoms with E-state index in [1.54, 1.807) is 57.8 Å². The highest BCUT2D eigenvalue weighted by molar-refractivity contribution is 7.13. The number of hydrogen-bond donors (Lipinski definition) is 1. The van der Waals surface area contributed by atoms with Crippen LogP contribution in [0.5, 0.6) is 17.2 Å². The minimum atomic E-state index is -0.321. The molecule has 1 N–H and O–H groups in total. The lowest BCUT2D eigenvalue weighted by Gasteiger charge is -2.14. The number of hydrogen-bond acceptors (Lipinski definition) is 7. The normalized spacial score (nSPS) is 11.3. The Labute approximate surface area is 195 Å². The average molecular weight is 462 g/mol. The molecule has 168 valence electrons. The van der Waals surface area contributed by atoms with E-state index in [9.17, 15) is 4.79 Å². The molecule has 33 heavy (non-hydrogen) atoms. The Morgan fingerprint density at radius 2 is 1.70 bits per heavy atom. The summed E-state index contributed by atoms with van der Waals surface area (Å²) in [5, 5.41) is 7.07. The van der Waals surface area contributed by atoms with Gasteiger partial charge in [0, 0.05) is 10.9 Å². The van der Waals surface area contributed by atoms with E-state index in [4.69, 9.17) is 19.2 Å². The molecule has 0 saturated heterocycles. The predicted molar refractivity (Wildman–Crippen MR) is 131 cm³/mol. The Balaban J connectivity index is 1.68. The number of hydrazone groups is 1. The van der Waals surface area contributed by atoms with E-state index in [1.165, 1.54) is 0 Å². The monoisotopic (exact) mass is 461 g/mol. The first-order valence-corrected chi connectivity index (χ1v) is 11.0. The Kier molecular flexibility index (Phi) is 6.55. The van der Waals surface area contributed by atoms with Crippen LogP contribution in [0.15, 0.2) is 65.1 Å². The van der Waals surface area contributed by atoms with Crippen LogP contribution >= 0.6 is 11.3 Å². The molecular formula is C25H23N3O4S. The van der Waals surface area contributed by atoms with Crippen molar-refractivity contribution in [3.8, 4) is 27.8 Å². The number of para-hydroxylation sites is 1. The molecule has 0 spiro atoms. The minimum absolute atomic E-state index is 0.321. The fourth-order valence-corrected chi connectivity index (χ4v) is 4.15. The van der Waals surface area contributed by atoms with Gasteiger partial charge in [-0.25, -0.2) is 10.4 Å². The minimum Gasteiger partial charge on any atom is -0.493 e. The van der Waals surface area contributed by atoms with Crippen LogP contribution in [0.4, 0.5) is 0 Å². The smallest absolute Gasteiger partial charge is 0.272 e. The van der Waals surface area contributed by atoms with E-state index < -0.39 is 0 Å². The third-order valence-corrected chi connectivity index (χ3v) is 6.03. The maximum Gasteiger partial charge on any atom is 0.272 e. The Bertz CT molecular complexity index is 1310. The number of carbonyl (C=O) groups is 1. The molecule has 0 aliphatic carbocycles. The van der Waals surface area contributed by atoms with Crippen LogP contribution in [-0.4, -0.2) is 37.9 Å². The molecule has 2 aromatic heterocycles. The van der Waals surface area contributed by atoms with Gasteiger partial charge in [-0.15, -0.1) is 11.3 Å². The van der Waals surface area contributed by atoms with Gasteiger partial charge in [0.2, 0.25) is 5.75 Å². The standard InChI is InChI=1S/C25H23N3O4S/c1-15(16-12-21(30-2)24(32-4)22(13-16)31-3)27-28-25(29)18-14-20(23-10-7-11-33-23)26-19-9-6-5-8-17(18)19/h5-14H,1-4H3,(H,28,29)/b27-15-. The van der Waals surface area contributed by atoms with Crippen LogP contribution < -0.4 is 19.6 Å². The van der Waals surface area contributed by atoms with Crippen LogP contribution in [0, 0.1) is 0 Å². The van der Waals surface area contributed by atoms with Gasteiger partial charge in [0.05, 0.1) is 48.7 Å². The number of methoxy groups -OCH3 is 3. The van der Waals surface area contributed by atoms with Crippen molar-refractivity contribution >= 4 is 33.9 Å². The van der Waals surface area contributed by atoms with Crippen molar-refractivity contribution in [1.29, 1.82) is 0 Å². The first-order valence-electron chi connectivity index (χ1n) is 10.1. The number of nitrogens with one attached hydrogen (secondary N) is 1. The molecule has 0 bridgehead atoms. The summed E-state index contributed by atoms with van der Waals surface area (Å²) in [4.78, 5) is 18.9. The molecule has 0 radical (unpaired) electrons. The second kappa shape index (κ2) is 9.70. The first kappa shape index (κ1) is 22.3. The lowest BCUT2D eigenvalue weighted by Crippen LogP contribution is -2.20. The molecule has 4 rings (SSSR count). The maximum atomic E-state index is 13.2. The summed E-state index contributed by atoms with van der Waals surface area (Å²) in [7, 11) is 4.65. The zero-order chi connectivity index (χ0) is 23.4. The molecule has 1 amide bonds. The molecule has 0 atom stereocenters. The van der Waals surface area contributed by atoms with Gasteiger partial charge in [-0.1, -0.05) is 24.3 Å². The summed E-state index contributed by atoms with van der Waals surface area (Å²) in [5.74, 6) is 1.19. The molecule has 8 heteroatoms. The summed E-state index contributed by atoms with van der Waals surface area (Å²) >= 11 is 1.57. The van der Waals surface area contributed by atoms with Crippen molar-refractivity contribution < 1.29 is 19.0 Å². The second-order valence-corrected chi connectivity index (χ2v) is 8.05. The highest BCUT2D eigenvalue weighted by Crippen LogP contribution is 2.38. The van der Waals surface area contributed by atoms with E-state index in [0.29, 0.717) is 28.5 Å². The number of ether oxygens (including phenoxy) is 3. The first-order chi connectivity index (χ1) is 16.0. The van der Waals surface area contributed by atoms with Gasteiger partial charge in [0.1, 0.15) is 0 Å². The van der Waals surface area contributed by atoms with Crippen molar-refractivity contribution in [3.05, 3.63) is 71.1 Å².